The molecule has 43 heavy (non-hydrogen) atoms. The zero-order chi connectivity index (χ0) is 30.0. The van der Waals surface area contributed by atoms with Crippen LogP contribution in [0.2, 0.25) is 0 Å². The molecule has 2 aromatic heterocycles. The first-order chi connectivity index (χ1) is 20.7. The molecule has 2 fully saturated rings. The van der Waals surface area contributed by atoms with Crippen molar-refractivity contribution in [3.63, 3.8) is 0 Å². The molecule has 2 saturated heterocycles. The van der Waals surface area contributed by atoms with Crippen LogP contribution in [-0.4, -0.2) is 74.0 Å². The van der Waals surface area contributed by atoms with E-state index in [1.807, 2.05) is 80.3 Å². The van der Waals surface area contributed by atoms with Crippen LogP contribution in [0.3, 0.4) is 0 Å². The van der Waals surface area contributed by atoms with E-state index < -0.39 is 5.60 Å². The Kier molecular flexibility index (Phi) is 8.21. The Balaban J connectivity index is 1.15. The number of para-hydroxylation sites is 1. The van der Waals surface area contributed by atoms with E-state index in [1.165, 1.54) is 6.33 Å². The van der Waals surface area contributed by atoms with E-state index in [9.17, 15) is 4.79 Å². The first-order valence-electron chi connectivity index (χ1n) is 15.3. The predicted octanol–water partition coefficient (Wildman–Crippen LogP) is 6.15. The van der Waals surface area contributed by atoms with Gasteiger partial charge in [-0.25, -0.2) is 19.4 Å². The number of carbonyl (C=O) groups is 1. The zero-order valence-electron chi connectivity index (χ0n) is 25.3. The van der Waals surface area contributed by atoms with Gasteiger partial charge in [-0.1, -0.05) is 18.2 Å². The maximum absolute atomic E-state index is 12.5. The number of piperidine rings is 2. The van der Waals surface area contributed by atoms with Gasteiger partial charge in [-0.3, -0.25) is 0 Å². The number of nitrogens with two attached hydrogens (primary N) is 1. The number of fused-ring (bicyclic) bond motifs is 1. The molecular weight excluding hydrogens is 542 g/mol. The summed E-state index contributed by atoms with van der Waals surface area (Å²) in [5, 5.41) is 5.89. The standard InChI is InChI=1S/C33H41N7O3/c1-33(2,3)43-32(41)39-18-15-23(16-19-39)20-38-17-7-8-25(21-38)40-31-28(30(34)35-22-36-31)29(37-40)24-11-13-27(14-12-24)42-26-9-5-4-6-10-26/h4-6,9-14,22-23,25H,7-8,15-21H2,1-3H3,(H2,34,35,36)/t25-/m1/s1. The first-order valence-corrected chi connectivity index (χ1v) is 15.3. The average molecular weight is 584 g/mol. The lowest BCUT2D eigenvalue weighted by Crippen LogP contribution is -2.45. The van der Waals surface area contributed by atoms with Crippen molar-refractivity contribution in [2.45, 2.75) is 58.1 Å². The van der Waals surface area contributed by atoms with Crippen molar-refractivity contribution >= 4 is 22.9 Å². The van der Waals surface area contributed by atoms with Gasteiger partial charge >= 0.3 is 6.09 Å². The maximum atomic E-state index is 12.5. The minimum atomic E-state index is -0.469. The summed E-state index contributed by atoms with van der Waals surface area (Å²) in [5.74, 6) is 2.53. The third kappa shape index (κ3) is 6.74. The summed E-state index contributed by atoms with van der Waals surface area (Å²) in [6.45, 7) is 10.2. The van der Waals surface area contributed by atoms with Gasteiger partial charge < -0.3 is 25.0 Å². The number of hydrogen-bond donors (Lipinski definition) is 1. The summed E-state index contributed by atoms with van der Waals surface area (Å²) >= 11 is 0. The molecule has 1 amide bonds. The number of likely N-dealkylation sites (tertiary alicyclic amines) is 2. The highest BCUT2D eigenvalue weighted by atomic mass is 16.6. The predicted molar refractivity (Wildman–Crippen MR) is 167 cm³/mol. The topological polar surface area (TPSA) is 112 Å². The highest BCUT2D eigenvalue weighted by Gasteiger charge is 2.31. The molecule has 10 nitrogen and oxygen atoms in total. The number of nitrogens with zero attached hydrogens (tertiary/aromatic N) is 6. The van der Waals surface area contributed by atoms with Crippen LogP contribution in [0.15, 0.2) is 60.9 Å². The van der Waals surface area contributed by atoms with Crippen LogP contribution in [0.5, 0.6) is 11.5 Å². The number of ether oxygens (including phenoxy) is 2. The Labute approximate surface area is 252 Å². The summed E-state index contributed by atoms with van der Waals surface area (Å²) in [6, 6.07) is 17.8. The smallest absolute Gasteiger partial charge is 0.410 e. The lowest BCUT2D eigenvalue weighted by atomic mass is 9.95. The van der Waals surface area contributed by atoms with Crippen LogP contribution < -0.4 is 10.5 Å². The highest BCUT2D eigenvalue weighted by molar-refractivity contribution is 5.98. The van der Waals surface area contributed by atoms with Gasteiger partial charge in [0.15, 0.2) is 5.65 Å². The number of aromatic nitrogens is 4. The van der Waals surface area contributed by atoms with Crippen LogP contribution in [0.1, 0.15) is 52.5 Å². The molecule has 0 unspecified atom stereocenters. The van der Waals surface area contributed by atoms with Gasteiger partial charge in [0.25, 0.3) is 0 Å². The maximum Gasteiger partial charge on any atom is 0.410 e. The number of carbonyl (C=O) groups excluding carboxylic acids is 1. The number of benzene rings is 2. The van der Waals surface area contributed by atoms with Crippen molar-refractivity contribution < 1.29 is 14.3 Å². The third-order valence-corrected chi connectivity index (χ3v) is 8.23. The van der Waals surface area contributed by atoms with E-state index in [-0.39, 0.29) is 12.1 Å². The summed E-state index contributed by atoms with van der Waals surface area (Å²) in [7, 11) is 0. The third-order valence-electron chi connectivity index (χ3n) is 8.23. The second-order valence-corrected chi connectivity index (χ2v) is 12.7. The monoisotopic (exact) mass is 583 g/mol. The zero-order valence-corrected chi connectivity index (χ0v) is 25.3. The fourth-order valence-electron chi connectivity index (χ4n) is 6.14. The fraction of sp³-hybridized carbons (Fsp3) is 0.455. The molecule has 2 aromatic carbocycles. The molecule has 2 aliphatic rings. The molecule has 2 N–H and O–H groups in total. The van der Waals surface area contributed by atoms with Crippen LogP contribution in [0.25, 0.3) is 22.3 Å². The molecular formula is C33H41N7O3. The second-order valence-electron chi connectivity index (χ2n) is 12.7. The molecule has 0 saturated carbocycles. The molecule has 4 heterocycles. The van der Waals surface area contributed by atoms with Gasteiger partial charge in [-0.05, 0) is 95.3 Å². The van der Waals surface area contributed by atoms with Crippen molar-refractivity contribution in [1.82, 2.24) is 29.5 Å². The van der Waals surface area contributed by atoms with Gasteiger partial charge in [0.05, 0.1) is 11.4 Å². The number of amides is 1. The summed E-state index contributed by atoms with van der Waals surface area (Å²) in [4.78, 5) is 25.8. The Morgan fingerprint density at radius 2 is 1.67 bits per heavy atom. The largest absolute Gasteiger partial charge is 0.457 e. The van der Waals surface area contributed by atoms with Gasteiger partial charge in [0, 0.05) is 31.7 Å². The van der Waals surface area contributed by atoms with Gasteiger partial charge in [-0.15, -0.1) is 0 Å². The minimum absolute atomic E-state index is 0.182. The van der Waals surface area contributed by atoms with Crippen molar-refractivity contribution in [1.29, 1.82) is 0 Å². The van der Waals surface area contributed by atoms with Crippen LogP contribution in [0, 0.1) is 5.92 Å². The van der Waals surface area contributed by atoms with E-state index in [1.54, 1.807) is 0 Å². The minimum Gasteiger partial charge on any atom is -0.457 e. The average Bonchev–Trinajstić information content (AvgIpc) is 3.39. The van der Waals surface area contributed by atoms with E-state index in [0.29, 0.717) is 11.7 Å². The SMILES string of the molecule is CC(C)(C)OC(=O)N1CCC(CN2CCC[C@@H](n3nc(-c4ccc(Oc5ccccc5)cc4)c4c(N)ncnc43)C2)CC1. The molecule has 0 bridgehead atoms. The van der Waals surface area contributed by atoms with E-state index in [0.717, 1.165) is 92.2 Å². The lowest BCUT2D eigenvalue weighted by Gasteiger charge is -2.38. The Morgan fingerprint density at radius 1 is 0.953 bits per heavy atom. The molecule has 10 heteroatoms. The molecule has 1 atom stereocenters. The first kappa shape index (κ1) is 28.9. The summed E-state index contributed by atoms with van der Waals surface area (Å²) < 4.78 is 13.6. The van der Waals surface area contributed by atoms with Crippen molar-refractivity contribution in [3.8, 4) is 22.8 Å². The van der Waals surface area contributed by atoms with Gasteiger partial charge in [0.2, 0.25) is 0 Å². The highest BCUT2D eigenvalue weighted by Crippen LogP contribution is 2.35. The Bertz CT molecular complexity index is 1540. The number of nitrogen functional groups attached to an aromatic ring is 1. The molecule has 0 radical (unpaired) electrons. The normalized spacial score (nSPS) is 18.6. The van der Waals surface area contributed by atoms with Crippen LogP contribution in [-0.2, 0) is 4.74 Å². The summed E-state index contributed by atoms with van der Waals surface area (Å²) in [6.07, 6.45) is 5.41. The van der Waals surface area contributed by atoms with E-state index in [4.69, 9.17) is 20.3 Å². The van der Waals surface area contributed by atoms with E-state index >= 15 is 0 Å². The van der Waals surface area contributed by atoms with Crippen molar-refractivity contribution in [2.24, 2.45) is 5.92 Å². The number of anilines is 1. The van der Waals surface area contributed by atoms with Gasteiger partial charge in [-0.2, -0.15) is 5.10 Å². The molecule has 2 aliphatic heterocycles. The van der Waals surface area contributed by atoms with Gasteiger partial charge in [0.1, 0.15) is 34.9 Å². The van der Waals surface area contributed by atoms with Crippen molar-refractivity contribution in [3.05, 3.63) is 60.9 Å². The molecule has 4 aromatic rings. The van der Waals surface area contributed by atoms with Crippen LogP contribution in [0.4, 0.5) is 10.6 Å². The number of hydrogen-bond acceptors (Lipinski definition) is 8. The van der Waals surface area contributed by atoms with Crippen LogP contribution >= 0.6 is 0 Å². The van der Waals surface area contributed by atoms with E-state index in [2.05, 4.69) is 19.5 Å². The second kappa shape index (κ2) is 12.2. The molecule has 226 valence electrons. The lowest BCUT2D eigenvalue weighted by molar-refractivity contribution is 0.0162. The molecule has 0 aliphatic carbocycles. The molecule has 0 spiro atoms. The number of rotatable bonds is 6. The molecule has 6 rings (SSSR count). The van der Waals surface area contributed by atoms with Crippen molar-refractivity contribution in [2.75, 3.05) is 38.5 Å². The Hall–Kier alpha value is -4.18. The Morgan fingerprint density at radius 3 is 2.40 bits per heavy atom. The summed E-state index contributed by atoms with van der Waals surface area (Å²) in [5.41, 5.74) is 8.43. The quantitative estimate of drug-likeness (QED) is 0.288. The fourth-order valence-corrected chi connectivity index (χ4v) is 6.14.